The number of nitriles is 1. The predicted octanol–water partition coefficient (Wildman–Crippen LogP) is 2.76. The number of nitrogens with zero attached hydrogens (tertiary/aromatic N) is 1. The number of esters is 1. The molecule has 0 spiro atoms. The van der Waals surface area contributed by atoms with E-state index >= 15 is 0 Å². The number of hydrogen-bond donors (Lipinski definition) is 1. The van der Waals surface area contributed by atoms with E-state index < -0.39 is 5.97 Å². The Kier molecular flexibility index (Phi) is 6.57. The zero-order valence-electron chi connectivity index (χ0n) is 14.4. The summed E-state index contributed by atoms with van der Waals surface area (Å²) in [5, 5.41) is 11.5. The molecule has 0 saturated carbocycles. The van der Waals surface area contributed by atoms with Gasteiger partial charge in [0, 0.05) is 11.8 Å². The van der Waals surface area contributed by atoms with E-state index in [1.54, 1.807) is 43.3 Å². The zero-order chi connectivity index (χ0) is 18.9. The average Bonchev–Trinajstić information content (AvgIpc) is 2.67. The first-order chi connectivity index (χ1) is 12.6. The molecule has 0 aliphatic heterocycles. The summed E-state index contributed by atoms with van der Waals surface area (Å²) in [4.78, 5) is 23.6. The van der Waals surface area contributed by atoms with E-state index in [1.165, 1.54) is 13.2 Å². The lowest BCUT2D eigenvalue weighted by atomic mass is 10.2. The summed E-state index contributed by atoms with van der Waals surface area (Å²) in [6, 6.07) is 13.0. The van der Waals surface area contributed by atoms with Crippen LogP contribution in [0.25, 0.3) is 0 Å². The van der Waals surface area contributed by atoms with Crippen LogP contribution in [0.2, 0.25) is 0 Å². The maximum absolute atomic E-state index is 12.0. The van der Waals surface area contributed by atoms with Crippen LogP contribution in [0.1, 0.15) is 22.8 Å². The van der Waals surface area contributed by atoms with Crippen LogP contribution in [0.5, 0.6) is 11.5 Å². The second-order valence-corrected chi connectivity index (χ2v) is 5.11. The molecule has 2 rings (SSSR count). The topological polar surface area (TPSA) is 97.6 Å². The number of anilines is 1. The fraction of sp³-hybridized carbons (Fsp3) is 0.211. The van der Waals surface area contributed by atoms with E-state index in [-0.39, 0.29) is 12.5 Å². The lowest BCUT2D eigenvalue weighted by molar-refractivity contribution is -0.118. The molecule has 134 valence electrons. The Balaban J connectivity index is 1.93. The van der Waals surface area contributed by atoms with Crippen molar-refractivity contribution < 1.29 is 23.8 Å². The maximum Gasteiger partial charge on any atom is 0.338 e. The second kappa shape index (κ2) is 9.08. The van der Waals surface area contributed by atoms with Crippen molar-refractivity contribution in [3.63, 3.8) is 0 Å². The monoisotopic (exact) mass is 354 g/mol. The van der Waals surface area contributed by atoms with Gasteiger partial charge in [0.15, 0.2) is 18.1 Å². The van der Waals surface area contributed by atoms with Crippen molar-refractivity contribution >= 4 is 17.6 Å². The van der Waals surface area contributed by atoms with Gasteiger partial charge < -0.3 is 19.5 Å². The maximum atomic E-state index is 12.0. The fourth-order valence-corrected chi connectivity index (χ4v) is 2.10. The molecule has 1 amide bonds. The first-order valence-corrected chi connectivity index (χ1v) is 7.85. The van der Waals surface area contributed by atoms with Gasteiger partial charge >= 0.3 is 5.97 Å². The van der Waals surface area contributed by atoms with E-state index in [0.29, 0.717) is 34.9 Å². The van der Waals surface area contributed by atoms with Crippen LogP contribution in [0.15, 0.2) is 42.5 Å². The van der Waals surface area contributed by atoms with Gasteiger partial charge in [-0.3, -0.25) is 4.79 Å². The standard InChI is InChI=1S/C19H18N2O5/c1-3-25-19(23)14-5-7-15(8-6-14)21-18(22)12-26-16-9-4-13(11-20)10-17(16)24-2/h4-10H,3,12H2,1-2H3,(H,21,22). The van der Waals surface area contributed by atoms with E-state index in [2.05, 4.69) is 5.32 Å². The first kappa shape index (κ1) is 18.8. The van der Waals surface area contributed by atoms with Crippen molar-refractivity contribution in [1.82, 2.24) is 0 Å². The smallest absolute Gasteiger partial charge is 0.338 e. The summed E-state index contributed by atoms with van der Waals surface area (Å²) >= 11 is 0. The van der Waals surface area contributed by atoms with Crippen LogP contribution in [0, 0.1) is 11.3 Å². The number of carbonyl (C=O) groups excluding carboxylic acids is 2. The Bertz CT molecular complexity index is 825. The molecule has 0 atom stereocenters. The molecule has 2 aromatic carbocycles. The van der Waals surface area contributed by atoms with Gasteiger partial charge in [0.1, 0.15) is 0 Å². The normalized spacial score (nSPS) is 9.73. The highest BCUT2D eigenvalue weighted by Crippen LogP contribution is 2.27. The second-order valence-electron chi connectivity index (χ2n) is 5.11. The minimum Gasteiger partial charge on any atom is -0.493 e. The van der Waals surface area contributed by atoms with Gasteiger partial charge in [-0.1, -0.05) is 0 Å². The van der Waals surface area contributed by atoms with E-state index in [9.17, 15) is 9.59 Å². The quantitative estimate of drug-likeness (QED) is 0.768. The zero-order valence-corrected chi connectivity index (χ0v) is 14.4. The third-order valence-electron chi connectivity index (χ3n) is 3.33. The highest BCUT2D eigenvalue weighted by molar-refractivity contribution is 5.93. The average molecular weight is 354 g/mol. The molecule has 1 N–H and O–H groups in total. The Morgan fingerprint density at radius 2 is 1.85 bits per heavy atom. The molecule has 0 heterocycles. The molecule has 0 saturated heterocycles. The molecule has 0 fully saturated rings. The van der Waals surface area contributed by atoms with Gasteiger partial charge in [0.2, 0.25) is 0 Å². The number of ether oxygens (including phenoxy) is 3. The summed E-state index contributed by atoms with van der Waals surface area (Å²) in [6.45, 7) is 1.80. The van der Waals surface area contributed by atoms with Crippen LogP contribution < -0.4 is 14.8 Å². The van der Waals surface area contributed by atoms with Gasteiger partial charge in [-0.15, -0.1) is 0 Å². The molecular formula is C19H18N2O5. The summed E-state index contributed by atoms with van der Waals surface area (Å²) in [7, 11) is 1.45. The number of benzene rings is 2. The molecule has 0 unspecified atom stereocenters. The summed E-state index contributed by atoms with van der Waals surface area (Å²) in [5.41, 5.74) is 1.36. The summed E-state index contributed by atoms with van der Waals surface area (Å²) < 4.78 is 15.5. The van der Waals surface area contributed by atoms with Gasteiger partial charge in [-0.2, -0.15) is 5.26 Å². The Morgan fingerprint density at radius 1 is 1.12 bits per heavy atom. The van der Waals surface area contributed by atoms with Gasteiger partial charge in [0.05, 0.1) is 30.9 Å². The third-order valence-corrected chi connectivity index (χ3v) is 3.33. The van der Waals surface area contributed by atoms with Crippen molar-refractivity contribution in [2.24, 2.45) is 0 Å². The molecule has 0 bridgehead atoms. The molecule has 0 radical (unpaired) electrons. The summed E-state index contributed by atoms with van der Waals surface area (Å²) in [6.07, 6.45) is 0. The molecule has 0 aliphatic rings. The highest BCUT2D eigenvalue weighted by Gasteiger charge is 2.10. The molecule has 7 nitrogen and oxygen atoms in total. The predicted molar refractivity (Wildman–Crippen MR) is 94.2 cm³/mol. The van der Waals surface area contributed by atoms with E-state index in [4.69, 9.17) is 19.5 Å². The number of methoxy groups -OCH3 is 1. The van der Waals surface area contributed by atoms with Crippen molar-refractivity contribution in [1.29, 1.82) is 5.26 Å². The third kappa shape index (κ3) is 4.98. The lowest BCUT2D eigenvalue weighted by Gasteiger charge is -2.11. The SMILES string of the molecule is CCOC(=O)c1ccc(NC(=O)COc2ccc(C#N)cc2OC)cc1. The summed E-state index contributed by atoms with van der Waals surface area (Å²) in [5.74, 6) is -0.0585. The van der Waals surface area contributed by atoms with Crippen LogP contribution in [0.3, 0.4) is 0 Å². The number of carbonyl (C=O) groups is 2. The largest absolute Gasteiger partial charge is 0.493 e. The molecule has 7 heteroatoms. The Labute approximate surface area is 151 Å². The first-order valence-electron chi connectivity index (χ1n) is 7.85. The minimum absolute atomic E-state index is 0.234. The highest BCUT2D eigenvalue weighted by atomic mass is 16.5. The number of nitrogens with one attached hydrogen (secondary N) is 1. The van der Waals surface area contributed by atoms with Crippen LogP contribution in [-0.2, 0) is 9.53 Å². The van der Waals surface area contributed by atoms with Crippen LogP contribution in [-0.4, -0.2) is 32.2 Å². The lowest BCUT2D eigenvalue weighted by Crippen LogP contribution is -2.20. The van der Waals surface area contributed by atoms with Crippen molar-refractivity contribution in [3.8, 4) is 17.6 Å². The molecule has 0 aliphatic carbocycles. The number of rotatable bonds is 7. The van der Waals surface area contributed by atoms with E-state index in [0.717, 1.165) is 0 Å². The van der Waals surface area contributed by atoms with E-state index in [1.807, 2.05) is 6.07 Å². The van der Waals surface area contributed by atoms with Crippen molar-refractivity contribution in [3.05, 3.63) is 53.6 Å². The Hall–Kier alpha value is -3.53. The van der Waals surface area contributed by atoms with Gasteiger partial charge in [-0.25, -0.2) is 4.79 Å². The fourth-order valence-electron chi connectivity index (χ4n) is 2.10. The van der Waals surface area contributed by atoms with Crippen LogP contribution >= 0.6 is 0 Å². The molecular weight excluding hydrogens is 336 g/mol. The van der Waals surface area contributed by atoms with Crippen molar-refractivity contribution in [2.75, 3.05) is 25.6 Å². The Morgan fingerprint density at radius 3 is 2.46 bits per heavy atom. The van der Waals surface area contributed by atoms with Gasteiger partial charge in [-0.05, 0) is 43.3 Å². The molecule has 26 heavy (non-hydrogen) atoms. The molecule has 2 aromatic rings. The number of hydrogen-bond acceptors (Lipinski definition) is 6. The van der Waals surface area contributed by atoms with Crippen LogP contribution in [0.4, 0.5) is 5.69 Å². The number of amides is 1. The van der Waals surface area contributed by atoms with Gasteiger partial charge in [0.25, 0.3) is 5.91 Å². The molecule has 0 aromatic heterocycles. The van der Waals surface area contributed by atoms with Crippen molar-refractivity contribution in [2.45, 2.75) is 6.92 Å². The minimum atomic E-state index is -0.415.